The molecule has 0 spiro atoms. The van der Waals surface area contributed by atoms with Crippen molar-refractivity contribution in [1.82, 2.24) is 14.8 Å². The maximum atomic E-state index is 11.4. The SMILES string of the molecule is Cc1c(-c2ccncc2)c(-c2ccc(S(N)(=O)=O)cc2)nn1C. The van der Waals surface area contributed by atoms with E-state index in [0.29, 0.717) is 0 Å². The van der Waals surface area contributed by atoms with Crippen LogP contribution in [-0.2, 0) is 17.1 Å². The Kier molecular flexibility index (Phi) is 3.75. The lowest BCUT2D eigenvalue weighted by molar-refractivity contribution is 0.598. The summed E-state index contributed by atoms with van der Waals surface area (Å²) in [4.78, 5) is 4.12. The molecule has 2 aromatic heterocycles. The van der Waals surface area contributed by atoms with Crippen molar-refractivity contribution >= 4 is 10.0 Å². The van der Waals surface area contributed by atoms with Crippen molar-refractivity contribution in [1.29, 1.82) is 0 Å². The topological polar surface area (TPSA) is 90.9 Å². The molecule has 118 valence electrons. The van der Waals surface area contributed by atoms with Crippen LogP contribution in [0.3, 0.4) is 0 Å². The van der Waals surface area contributed by atoms with Gasteiger partial charge in [0.2, 0.25) is 10.0 Å². The van der Waals surface area contributed by atoms with E-state index in [1.165, 1.54) is 12.1 Å². The van der Waals surface area contributed by atoms with Crippen LogP contribution in [0, 0.1) is 6.92 Å². The number of primary sulfonamides is 1. The Morgan fingerprint density at radius 3 is 2.17 bits per heavy atom. The molecule has 0 atom stereocenters. The molecule has 0 aliphatic rings. The van der Waals surface area contributed by atoms with E-state index >= 15 is 0 Å². The van der Waals surface area contributed by atoms with Crippen LogP contribution < -0.4 is 5.14 Å². The summed E-state index contributed by atoms with van der Waals surface area (Å²) in [5, 5.41) is 9.70. The van der Waals surface area contributed by atoms with Crippen LogP contribution in [0.15, 0.2) is 53.7 Å². The van der Waals surface area contributed by atoms with Gasteiger partial charge in [-0.1, -0.05) is 12.1 Å². The molecule has 0 saturated carbocycles. The largest absolute Gasteiger partial charge is 0.272 e. The zero-order valence-corrected chi connectivity index (χ0v) is 13.6. The smallest absolute Gasteiger partial charge is 0.238 e. The van der Waals surface area contributed by atoms with Gasteiger partial charge in [-0.25, -0.2) is 13.6 Å². The first-order valence-electron chi connectivity index (χ1n) is 6.95. The highest BCUT2D eigenvalue weighted by Crippen LogP contribution is 2.33. The average molecular weight is 328 g/mol. The minimum absolute atomic E-state index is 0.0827. The normalized spacial score (nSPS) is 11.6. The lowest BCUT2D eigenvalue weighted by atomic mass is 10.0. The number of nitrogens with two attached hydrogens (primary N) is 1. The predicted molar refractivity (Wildman–Crippen MR) is 88.0 cm³/mol. The predicted octanol–water partition coefficient (Wildman–Crippen LogP) is 2.10. The summed E-state index contributed by atoms with van der Waals surface area (Å²) in [5.41, 5.74) is 4.64. The van der Waals surface area contributed by atoms with Crippen LogP contribution in [0.25, 0.3) is 22.4 Å². The number of aryl methyl sites for hydroxylation is 1. The minimum Gasteiger partial charge on any atom is -0.272 e. The van der Waals surface area contributed by atoms with E-state index < -0.39 is 10.0 Å². The van der Waals surface area contributed by atoms with Crippen molar-refractivity contribution in [3.63, 3.8) is 0 Å². The molecule has 0 aliphatic heterocycles. The van der Waals surface area contributed by atoms with E-state index in [0.717, 1.165) is 28.1 Å². The molecule has 2 heterocycles. The van der Waals surface area contributed by atoms with Gasteiger partial charge in [0.25, 0.3) is 0 Å². The van der Waals surface area contributed by atoms with Gasteiger partial charge >= 0.3 is 0 Å². The molecule has 0 saturated heterocycles. The highest BCUT2D eigenvalue weighted by molar-refractivity contribution is 7.89. The fourth-order valence-corrected chi connectivity index (χ4v) is 2.99. The molecule has 0 aliphatic carbocycles. The molecule has 0 unspecified atom stereocenters. The van der Waals surface area contributed by atoms with E-state index in [2.05, 4.69) is 10.1 Å². The molecule has 1 aromatic carbocycles. The second-order valence-electron chi connectivity index (χ2n) is 5.24. The summed E-state index contributed by atoms with van der Waals surface area (Å²) in [7, 11) is -1.82. The van der Waals surface area contributed by atoms with E-state index in [9.17, 15) is 8.42 Å². The minimum atomic E-state index is -3.70. The summed E-state index contributed by atoms with van der Waals surface area (Å²) in [5.74, 6) is 0. The van der Waals surface area contributed by atoms with E-state index in [1.807, 2.05) is 26.1 Å². The fourth-order valence-electron chi connectivity index (χ4n) is 2.48. The average Bonchev–Trinajstić information content (AvgIpc) is 2.83. The maximum Gasteiger partial charge on any atom is 0.238 e. The van der Waals surface area contributed by atoms with Crippen molar-refractivity contribution in [2.24, 2.45) is 12.2 Å². The second kappa shape index (κ2) is 5.60. The summed E-state index contributed by atoms with van der Waals surface area (Å²) in [6.45, 7) is 1.99. The van der Waals surface area contributed by atoms with Gasteiger partial charge in [-0.05, 0) is 36.8 Å². The summed E-state index contributed by atoms with van der Waals surface area (Å²) < 4.78 is 24.6. The maximum absolute atomic E-state index is 11.4. The number of hydrogen-bond acceptors (Lipinski definition) is 4. The first kappa shape index (κ1) is 15.4. The van der Waals surface area contributed by atoms with Gasteiger partial charge in [-0.2, -0.15) is 5.10 Å². The number of sulfonamides is 1. The molecule has 0 radical (unpaired) electrons. The van der Waals surface area contributed by atoms with Gasteiger partial charge in [0.1, 0.15) is 5.69 Å². The van der Waals surface area contributed by atoms with Crippen molar-refractivity contribution in [3.8, 4) is 22.4 Å². The molecule has 0 bridgehead atoms. The van der Waals surface area contributed by atoms with Crippen molar-refractivity contribution in [3.05, 3.63) is 54.5 Å². The van der Waals surface area contributed by atoms with Gasteiger partial charge in [0.15, 0.2) is 0 Å². The molecule has 23 heavy (non-hydrogen) atoms. The molecular weight excluding hydrogens is 312 g/mol. The molecule has 7 heteroatoms. The van der Waals surface area contributed by atoms with Crippen molar-refractivity contribution < 1.29 is 8.42 Å². The molecule has 0 amide bonds. The number of benzene rings is 1. The lowest BCUT2D eigenvalue weighted by Gasteiger charge is -2.05. The molecule has 0 fully saturated rings. The third kappa shape index (κ3) is 2.88. The van der Waals surface area contributed by atoms with Crippen LogP contribution in [0.5, 0.6) is 0 Å². The van der Waals surface area contributed by atoms with Gasteiger partial charge in [-0.15, -0.1) is 0 Å². The number of nitrogens with zero attached hydrogens (tertiary/aromatic N) is 3. The van der Waals surface area contributed by atoms with Crippen LogP contribution in [0.1, 0.15) is 5.69 Å². The third-order valence-corrected chi connectivity index (χ3v) is 4.69. The van der Waals surface area contributed by atoms with Crippen LogP contribution in [-0.4, -0.2) is 23.2 Å². The van der Waals surface area contributed by atoms with Crippen LogP contribution >= 0.6 is 0 Å². The molecule has 3 rings (SSSR count). The number of hydrogen-bond donors (Lipinski definition) is 1. The molecular formula is C16H16N4O2S. The Balaban J connectivity index is 2.16. The zero-order valence-electron chi connectivity index (χ0n) is 12.8. The van der Waals surface area contributed by atoms with Gasteiger partial charge < -0.3 is 0 Å². The first-order valence-corrected chi connectivity index (χ1v) is 8.50. The van der Waals surface area contributed by atoms with E-state index in [1.54, 1.807) is 29.2 Å². The highest BCUT2D eigenvalue weighted by Gasteiger charge is 2.17. The standard InChI is InChI=1S/C16H16N4O2S/c1-11-15(12-7-9-18-10-8-12)16(19-20(11)2)13-3-5-14(6-4-13)23(17,21)22/h3-10H,1-2H3,(H2,17,21,22). The Morgan fingerprint density at radius 1 is 1.00 bits per heavy atom. The third-order valence-electron chi connectivity index (χ3n) is 3.76. The van der Waals surface area contributed by atoms with Gasteiger partial charge in [0, 0.05) is 36.3 Å². The van der Waals surface area contributed by atoms with Gasteiger partial charge in [0.05, 0.1) is 4.90 Å². The van der Waals surface area contributed by atoms with Crippen LogP contribution in [0.4, 0.5) is 0 Å². The van der Waals surface area contributed by atoms with Crippen molar-refractivity contribution in [2.45, 2.75) is 11.8 Å². The monoisotopic (exact) mass is 328 g/mol. The number of rotatable bonds is 3. The first-order chi connectivity index (χ1) is 10.9. The summed E-state index contributed by atoms with van der Waals surface area (Å²) in [6, 6.07) is 10.3. The summed E-state index contributed by atoms with van der Waals surface area (Å²) in [6.07, 6.45) is 3.46. The molecule has 2 N–H and O–H groups in total. The van der Waals surface area contributed by atoms with Gasteiger partial charge in [-0.3, -0.25) is 9.67 Å². The Hall–Kier alpha value is -2.51. The van der Waals surface area contributed by atoms with E-state index in [-0.39, 0.29) is 4.90 Å². The lowest BCUT2D eigenvalue weighted by Crippen LogP contribution is -2.11. The van der Waals surface area contributed by atoms with E-state index in [4.69, 9.17) is 5.14 Å². The highest BCUT2D eigenvalue weighted by atomic mass is 32.2. The molecule has 6 nitrogen and oxygen atoms in total. The zero-order chi connectivity index (χ0) is 16.6. The second-order valence-corrected chi connectivity index (χ2v) is 6.80. The van der Waals surface area contributed by atoms with Crippen LogP contribution in [0.2, 0.25) is 0 Å². The fraction of sp³-hybridized carbons (Fsp3) is 0.125. The summed E-state index contributed by atoms with van der Waals surface area (Å²) >= 11 is 0. The Labute approximate surface area is 134 Å². The quantitative estimate of drug-likeness (QED) is 0.797. The Bertz CT molecular complexity index is 946. The Morgan fingerprint density at radius 2 is 1.61 bits per heavy atom. The molecule has 3 aromatic rings. The van der Waals surface area contributed by atoms with Crippen molar-refractivity contribution in [2.75, 3.05) is 0 Å². The number of aromatic nitrogens is 3. The number of pyridine rings is 1.